The lowest BCUT2D eigenvalue weighted by atomic mass is 10.1. The molecule has 1 atom stereocenters. The van der Waals surface area contributed by atoms with Gasteiger partial charge in [-0.05, 0) is 37.8 Å². The molecule has 0 aliphatic carbocycles. The van der Waals surface area contributed by atoms with Gasteiger partial charge in [0.05, 0.1) is 6.54 Å². The summed E-state index contributed by atoms with van der Waals surface area (Å²) in [4.78, 5) is 25.6. The number of anilines is 1. The van der Waals surface area contributed by atoms with Crippen molar-refractivity contribution in [3.05, 3.63) is 29.3 Å². The predicted octanol–water partition coefficient (Wildman–Crippen LogP) is 1.88. The Hall–Kier alpha value is -1.88. The molecular formula is C16H22N2O3. The lowest BCUT2D eigenvalue weighted by Gasteiger charge is -2.20. The standard InChI is InChI=1S/C16H22N2O3/c1-11-6-4-7-12(2)15(11)17-14(19)10-18(3)16(20)13-8-5-9-21-13/h4,6-7,13H,5,8-10H2,1-3H3,(H,17,19)/t13-/m0/s1. The van der Waals surface area contributed by atoms with Gasteiger partial charge in [0.15, 0.2) is 0 Å². The van der Waals surface area contributed by atoms with Gasteiger partial charge in [-0.15, -0.1) is 0 Å². The molecule has 0 radical (unpaired) electrons. The number of hydrogen-bond acceptors (Lipinski definition) is 3. The molecule has 5 nitrogen and oxygen atoms in total. The maximum Gasteiger partial charge on any atom is 0.251 e. The van der Waals surface area contributed by atoms with Crippen LogP contribution in [0.4, 0.5) is 5.69 Å². The number of para-hydroxylation sites is 1. The molecule has 1 aliphatic heterocycles. The predicted molar refractivity (Wildman–Crippen MR) is 81.2 cm³/mol. The minimum atomic E-state index is -0.386. The van der Waals surface area contributed by atoms with E-state index in [1.165, 1.54) is 4.90 Å². The molecule has 1 fully saturated rings. The number of rotatable bonds is 4. The number of ether oxygens (including phenoxy) is 1. The smallest absolute Gasteiger partial charge is 0.251 e. The second kappa shape index (κ2) is 6.72. The molecule has 1 aromatic carbocycles. The second-order valence-electron chi connectivity index (χ2n) is 5.51. The molecule has 0 bridgehead atoms. The summed E-state index contributed by atoms with van der Waals surface area (Å²) in [5.41, 5.74) is 2.84. The Morgan fingerprint density at radius 1 is 1.33 bits per heavy atom. The summed E-state index contributed by atoms with van der Waals surface area (Å²) in [7, 11) is 1.63. The largest absolute Gasteiger partial charge is 0.368 e. The van der Waals surface area contributed by atoms with Crippen LogP contribution in [-0.4, -0.2) is 43.0 Å². The number of carbonyl (C=O) groups is 2. The van der Waals surface area contributed by atoms with Crippen LogP contribution in [0.25, 0.3) is 0 Å². The molecule has 1 heterocycles. The van der Waals surface area contributed by atoms with Crippen LogP contribution in [0.2, 0.25) is 0 Å². The first-order valence-corrected chi connectivity index (χ1v) is 7.21. The van der Waals surface area contributed by atoms with Crippen LogP contribution >= 0.6 is 0 Å². The van der Waals surface area contributed by atoms with Crippen LogP contribution < -0.4 is 5.32 Å². The van der Waals surface area contributed by atoms with Gasteiger partial charge in [0.2, 0.25) is 5.91 Å². The van der Waals surface area contributed by atoms with Crippen molar-refractivity contribution in [2.24, 2.45) is 0 Å². The SMILES string of the molecule is Cc1cccc(C)c1NC(=O)CN(C)C(=O)[C@@H]1CCCO1. The fourth-order valence-electron chi connectivity index (χ4n) is 2.50. The van der Waals surface area contributed by atoms with Crippen molar-refractivity contribution >= 4 is 17.5 Å². The van der Waals surface area contributed by atoms with E-state index in [4.69, 9.17) is 4.74 Å². The van der Waals surface area contributed by atoms with E-state index in [-0.39, 0.29) is 24.5 Å². The van der Waals surface area contributed by atoms with Crippen LogP contribution in [0.15, 0.2) is 18.2 Å². The molecule has 1 aromatic rings. The van der Waals surface area contributed by atoms with Gasteiger partial charge in [-0.3, -0.25) is 9.59 Å². The van der Waals surface area contributed by atoms with Gasteiger partial charge in [0, 0.05) is 19.3 Å². The third-order valence-electron chi connectivity index (χ3n) is 3.71. The van der Waals surface area contributed by atoms with Crippen molar-refractivity contribution in [1.29, 1.82) is 0 Å². The normalized spacial score (nSPS) is 17.6. The first-order valence-electron chi connectivity index (χ1n) is 7.21. The summed E-state index contributed by atoms with van der Waals surface area (Å²) in [5.74, 6) is -0.314. The molecular weight excluding hydrogens is 268 g/mol. The molecule has 5 heteroatoms. The molecule has 0 spiro atoms. The zero-order chi connectivity index (χ0) is 15.4. The van der Waals surface area contributed by atoms with Crippen molar-refractivity contribution in [3.8, 4) is 0 Å². The van der Waals surface area contributed by atoms with Crippen molar-refractivity contribution in [3.63, 3.8) is 0 Å². The molecule has 2 amide bonds. The van der Waals surface area contributed by atoms with E-state index in [0.717, 1.165) is 29.7 Å². The summed E-state index contributed by atoms with van der Waals surface area (Å²) in [6.45, 7) is 4.55. The maximum absolute atomic E-state index is 12.1. The summed E-state index contributed by atoms with van der Waals surface area (Å²) in [6, 6.07) is 5.85. The Morgan fingerprint density at radius 3 is 2.57 bits per heavy atom. The third-order valence-corrected chi connectivity index (χ3v) is 3.71. The fourth-order valence-corrected chi connectivity index (χ4v) is 2.50. The summed E-state index contributed by atoms with van der Waals surface area (Å²) in [5, 5.41) is 2.88. The van der Waals surface area contributed by atoms with Crippen LogP contribution in [0.3, 0.4) is 0 Å². The molecule has 0 aromatic heterocycles. The highest BCUT2D eigenvalue weighted by molar-refractivity contribution is 5.96. The Bertz CT molecular complexity index is 516. The van der Waals surface area contributed by atoms with Gasteiger partial charge in [-0.2, -0.15) is 0 Å². The molecule has 2 rings (SSSR count). The van der Waals surface area contributed by atoms with Crippen molar-refractivity contribution in [2.75, 3.05) is 25.5 Å². The average molecular weight is 290 g/mol. The number of carbonyl (C=O) groups excluding carboxylic acids is 2. The molecule has 1 saturated heterocycles. The lowest BCUT2D eigenvalue weighted by molar-refractivity contribution is -0.141. The van der Waals surface area contributed by atoms with E-state index >= 15 is 0 Å². The maximum atomic E-state index is 12.1. The first-order chi connectivity index (χ1) is 9.99. The number of benzene rings is 1. The van der Waals surface area contributed by atoms with Gasteiger partial charge >= 0.3 is 0 Å². The summed E-state index contributed by atoms with van der Waals surface area (Å²) >= 11 is 0. The highest BCUT2D eigenvalue weighted by Crippen LogP contribution is 2.19. The average Bonchev–Trinajstić information content (AvgIpc) is 2.96. The molecule has 0 saturated carbocycles. The number of amides is 2. The number of likely N-dealkylation sites (N-methyl/N-ethyl adjacent to an activating group) is 1. The molecule has 1 aliphatic rings. The Kier molecular flexibility index (Phi) is 4.96. The number of nitrogens with one attached hydrogen (secondary N) is 1. The van der Waals surface area contributed by atoms with Crippen molar-refractivity contribution < 1.29 is 14.3 Å². The molecule has 21 heavy (non-hydrogen) atoms. The zero-order valence-corrected chi connectivity index (χ0v) is 12.8. The monoisotopic (exact) mass is 290 g/mol. The van der Waals surface area contributed by atoms with E-state index in [0.29, 0.717) is 6.61 Å². The molecule has 1 N–H and O–H groups in total. The fraction of sp³-hybridized carbons (Fsp3) is 0.500. The quantitative estimate of drug-likeness (QED) is 0.921. The van der Waals surface area contributed by atoms with Gasteiger partial charge in [-0.1, -0.05) is 18.2 Å². The van der Waals surface area contributed by atoms with Gasteiger partial charge in [-0.25, -0.2) is 0 Å². The van der Waals surface area contributed by atoms with Gasteiger partial charge in [0.25, 0.3) is 5.91 Å². The Morgan fingerprint density at radius 2 is 2.00 bits per heavy atom. The van der Waals surface area contributed by atoms with E-state index in [9.17, 15) is 9.59 Å². The lowest BCUT2D eigenvalue weighted by Crippen LogP contribution is -2.40. The number of nitrogens with zero attached hydrogens (tertiary/aromatic N) is 1. The van der Waals surface area contributed by atoms with E-state index in [1.54, 1.807) is 7.05 Å². The molecule has 0 unspecified atom stereocenters. The third kappa shape index (κ3) is 3.82. The zero-order valence-electron chi connectivity index (χ0n) is 12.8. The highest BCUT2D eigenvalue weighted by Gasteiger charge is 2.27. The minimum Gasteiger partial charge on any atom is -0.368 e. The van der Waals surface area contributed by atoms with Gasteiger partial charge in [0.1, 0.15) is 6.10 Å². The Labute approximate surface area is 125 Å². The van der Waals surface area contributed by atoms with Crippen molar-refractivity contribution in [1.82, 2.24) is 4.90 Å². The molecule has 114 valence electrons. The second-order valence-corrected chi connectivity index (χ2v) is 5.51. The number of hydrogen-bond donors (Lipinski definition) is 1. The summed E-state index contributed by atoms with van der Waals surface area (Å²) in [6.07, 6.45) is 1.25. The minimum absolute atomic E-state index is 0.0342. The van der Waals surface area contributed by atoms with Crippen LogP contribution in [-0.2, 0) is 14.3 Å². The van der Waals surface area contributed by atoms with Crippen LogP contribution in [0, 0.1) is 13.8 Å². The van der Waals surface area contributed by atoms with E-state index in [2.05, 4.69) is 5.32 Å². The van der Waals surface area contributed by atoms with E-state index in [1.807, 2.05) is 32.0 Å². The van der Waals surface area contributed by atoms with E-state index < -0.39 is 0 Å². The first kappa shape index (κ1) is 15.5. The number of aryl methyl sites for hydroxylation is 2. The topological polar surface area (TPSA) is 58.6 Å². The summed E-state index contributed by atoms with van der Waals surface area (Å²) < 4.78 is 5.35. The van der Waals surface area contributed by atoms with Crippen LogP contribution in [0.1, 0.15) is 24.0 Å². The van der Waals surface area contributed by atoms with Crippen molar-refractivity contribution in [2.45, 2.75) is 32.8 Å². The van der Waals surface area contributed by atoms with Gasteiger partial charge < -0.3 is 15.0 Å². The Balaban J connectivity index is 1.93. The highest BCUT2D eigenvalue weighted by atomic mass is 16.5. The van der Waals surface area contributed by atoms with Crippen LogP contribution in [0.5, 0.6) is 0 Å².